The summed E-state index contributed by atoms with van der Waals surface area (Å²) in [6, 6.07) is 6.03. The number of benzene rings is 1. The molecule has 1 fully saturated rings. The van der Waals surface area contributed by atoms with E-state index < -0.39 is 0 Å². The Morgan fingerprint density at radius 1 is 1.38 bits per heavy atom. The van der Waals surface area contributed by atoms with Gasteiger partial charge in [0.05, 0.1) is 0 Å². The predicted molar refractivity (Wildman–Crippen MR) is 54.0 cm³/mol. The SMILES string of the molecule is Cc1cccc(C(C)C2CC2)c1O. The number of rotatable bonds is 2. The van der Waals surface area contributed by atoms with Gasteiger partial charge in [0.25, 0.3) is 0 Å². The van der Waals surface area contributed by atoms with E-state index in [4.69, 9.17) is 0 Å². The molecule has 1 aromatic rings. The molecule has 1 nitrogen and oxygen atoms in total. The van der Waals surface area contributed by atoms with Crippen LogP contribution >= 0.6 is 0 Å². The number of hydrogen-bond acceptors (Lipinski definition) is 1. The van der Waals surface area contributed by atoms with Crippen molar-refractivity contribution in [1.82, 2.24) is 0 Å². The van der Waals surface area contributed by atoms with Crippen molar-refractivity contribution >= 4 is 0 Å². The van der Waals surface area contributed by atoms with Gasteiger partial charge in [0.15, 0.2) is 0 Å². The zero-order valence-corrected chi connectivity index (χ0v) is 8.25. The van der Waals surface area contributed by atoms with Crippen LogP contribution in [-0.2, 0) is 0 Å². The van der Waals surface area contributed by atoms with Crippen LogP contribution < -0.4 is 0 Å². The lowest BCUT2D eigenvalue weighted by Gasteiger charge is -2.13. The Bertz CT molecular complexity index is 313. The summed E-state index contributed by atoms with van der Waals surface area (Å²) in [4.78, 5) is 0. The summed E-state index contributed by atoms with van der Waals surface area (Å²) < 4.78 is 0. The second-order valence-electron chi connectivity index (χ2n) is 4.14. The molecule has 1 atom stereocenters. The molecule has 1 aliphatic rings. The van der Waals surface area contributed by atoms with Crippen LogP contribution in [0.15, 0.2) is 18.2 Å². The Morgan fingerprint density at radius 3 is 2.69 bits per heavy atom. The average molecular weight is 176 g/mol. The fraction of sp³-hybridized carbons (Fsp3) is 0.500. The number of phenolic OH excluding ortho intramolecular Hbond substituents is 1. The van der Waals surface area contributed by atoms with E-state index in [1.165, 1.54) is 12.8 Å². The first kappa shape index (κ1) is 8.61. The van der Waals surface area contributed by atoms with E-state index in [-0.39, 0.29) is 0 Å². The van der Waals surface area contributed by atoms with E-state index >= 15 is 0 Å². The average Bonchev–Trinajstić information content (AvgIpc) is 2.91. The zero-order valence-electron chi connectivity index (χ0n) is 8.25. The first-order chi connectivity index (χ1) is 6.20. The Kier molecular flexibility index (Phi) is 2.03. The molecule has 2 rings (SSSR count). The molecule has 70 valence electrons. The van der Waals surface area contributed by atoms with Crippen LogP contribution in [0.25, 0.3) is 0 Å². The van der Waals surface area contributed by atoms with E-state index in [1.54, 1.807) is 0 Å². The Hall–Kier alpha value is -0.980. The normalized spacial score (nSPS) is 18.6. The molecule has 1 aromatic carbocycles. The second-order valence-corrected chi connectivity index (χ2v) is 4.14. The van der Waals surface area contributed by atoms with Gasteiger partial charge in [-0.15, -0.1) is 0 Å². The molecule has 0 aromatic heterocycles. The highest BCUT2D eigenvalue weighted by Crippen LogP contribution is 2.44. The smallest absolute Gasteiger partial charge is 0.121 e. The number of hydrogen-bond donors (Lipinski definition) is 1. The Balaban J connectivity index is 2.32. The molecule has 0 spiro atoms. The molecule has 0 saturated heterocycles. The highest BCUT2D eigenvalue weighted by Gasteiger charge is 2.30. The number of para-hydroxylation sites is 1. The molecule has 1 N–H and O–H groups in total. The molecule has 1 heteroatoms. The van der Waals surface area contributed by atoms with Crippen LogP contribution in [-0.4, -0.2) is 5.11 Å². The van der Waals surface area contributed by atoms with Gasteiger partial charge in [-0.2, -0.15) is 0 Å². The third-order valence-electron chi connectivity index (χ3n) is 3.09. The third-order valence-corrected chi connectivity index (χ3v) is 3.09. The summed E-state index contributed by atoms with van der Waals surface area (Å²) in [6.07, 6.45) is 2.66. The molecule has 0 heterocycles. The molecular formula is C12H16O. The summed E-state index contributed by atoms with van der Waals surface area (Å²) in [5.41, 5.74) is 2.12. The Morgan fingerprint density at radius 2 is 2.08 bits per heavy atom. The van der Waals surface area contributed by atoms with Gasteiger partial charge in [0, 0.05) is 0 Å². The lowest BCUT2D eigenvalue weighted by Crippen LogP contribution is -1.96. The summed E-state index contributed by atoms with van der Waals surface area (Å²) in [6.45, 7) is 4.17. The fourth-order valence-electron chi connectivity index (χ4n) is 1.90. The van der Waals surface area contributed by atoms with E-state index in [9.17, 15) is 5.11 Å². The quantitative estimate of drug-likeness (QED) is 0.733. The van der Waals surface area contributed by atoms with Gasteiger partial charge in [0.1, 0.15) is 5.75 Å². The highest BCUT2D eigenvalue weighted by molar-refractivity contribution is 5.41. The van der Waals surface area contributed by atoms with Crippen molar-refractivity contribution in [2.45, 2.75) is 32.6 Å². The topological polar surface area (TPSA) is 20.2 Å². The molecule has 1 aliphatic carbocycles. The van der Waals surface area contributed by atoms with Crippen LogP contribution in [0.1, 0.15) is 36.8 Å². The maximum absolute atomic E-state index is 9.84. The summed E-state index contributed by atoms with van der Waals surface area (Å²) in [5.74, 6) is 1.84. The minimum Gasteiger partial charge on any atom is -0.507 e. The lowest BCUT2D eigenvalue weighted by atomic mass is 9.94. The van der Waals surface area contributed by atoms with Crippen molar-refractivity contribution in [3.8, 4) is 5.75 Å². The predicted octanol–water partition coefficient (Wildman–Crippen LogP) is 3.21. The van der Waals surface area contributed by atoms with E-state index in [1.807, 2.05) is 25.1 Å². The maximum Gasteiger partial charge on any atom is 0.121 e. The van der Waals surface area contributed by atoms with Gasteiger partial charge >= 0.3 is 0 Å². The molecule has 1 saturated carbocycles. The zero-order chi connectivity index (χ0) is 9.42. The first-order valence-electron chi connectivity index (χ1n) is 4.98. The second kappa shape index (κ2) is 3.06. The van der Waals surface area contributed by atoms with E-state index in [2.05, 4.69) is 6.92 Å². The van der Waals surface area contributed by atoms with Gasteiger partial charge in [-0.05, 0) is 42.7 Å². The van der Waals surface area contributed by atoms with Gasteiger partial charge in [0.2, 0.25) is 0 Å². The van der Waals surface area contributed by atoms with Crippen molar-refractivity contribution in [3.05, 3.63) is 29.3 Å². The summed E-state index contributed by atoms with van der Waals surface area (Å²) >= 11 is 0. The largest absolute Gasteiger partial charge is 0.507 e. The summed E-state index contributed by atoms with van der Waals surface area (Å²) in [7, 11) is 0. The first-order valence-corrected chi connectivity index (χ1v) is 4.98. The molecule has 0 radical (unpaired) electrons. The van der Waals surface area contributed by atoms with Crippen molar-refractivity contribution in [2.75, 3.05) is 0 Å². The maximum atomic E-state index is 9.84. The van der Waals surface area contributed by atoms with Crippen molar-refractivity contribution in [1.29, 1.82) is 0 Å². The van der Waals surface area contributed by atoms with Gasteiger partial charge < -0.3 is 5.11 Å². The van der Waals surface area contributed by atoms with Gasteiger partial charge in [-0.3, -0.25) is 0 Å². The van der Waals surface area contributed by atoms with Crippen molar-refractivity contribution in [3.63, 3.8) is 0 Å². The Labute approximate surface area is 79.4 Å². The van der Waals surface area contributed by atoms with E-state index in [0.717, 1.165) is 17.0 Å². The molecular weight excluding hydrogens is 160 g/mol. The van der Waals surface area contributed by atoms with Crippen LogP contribution in [0.3, 0.4) is 0 Å². The van der Waals surface area contributed by atoms with Crippen LogP contribution in [0.2, 0.25) is 0 Å². The van der Waals surface area contributed by atoms with Gasteiger partial charge in [-0.25, -0.2) is 0 Å². The molecule has 0 bridgehead atoms. The number of aryl methyl sites for hydroxylation is 1. The van der Waals surface area contributed by atoms with Crippen molar-refractivity contribution < 1.29 is 5.11 Å². The monoisotopic (exact) mass is 176 g/mol. The number of phenols is 1. The minimum atomic E-state index is 0.502. The van der Waals surface area contributed by atoms with Gasteiger partial charge in [-0.1, -0.05) is 25.1 Å². The van der Waals surface area contributed by atoms with Crippen LogP contribution in [0, 0.1) is 12.8 Å². The van der Waals surface area contributed by atoms with Crippen molar-refractivity contribution in [2.24, 2.45) is 5.92 Å². The standard InChI is InChI=1S/C12H16O/c1-8-4-3-5-11(12(8)13)9(2)10-6-7-10/h3-5,9-10,13H,6-7H2,1-2H3. The highest BCUT2D eigenvalue weighted by atomic mass is 16.3. The molecule has 0 amide bonds. The fourth-order valence-corrected chi connectivity index (χ4v) is 1.90. The number of aromatic hydroxyl groups is 1. The minimum absolute atomic E-state index is 0.502. The summed E-state index contributed by atoms with van der Waals surface area (Å²) in [5, 5.41) is 9.84. The van der Waals surface area contributed by atoms with Crippen LogP contribution in [0.4, 0.5) is 0 Å². The van der Waals surface area contributed by atoms with E-state index in [0.29, 0.717) is 11.7 Å². The molecule has 13 heavy (non-hydrogen) atoms. The molecule has 0 aliphatic heterocycles. The molecule has 1 unspecified atom stereocenters. The van der Waals surface area contributed by atoms with Crippen LogP contribution in [0.5, 0.6) is 5.75 Å². The lowest BCUT2D eigenvalue weighted by molar-refractivity contribution is 0.454. The third kappa shape index (κ3) is 1.55.